The minimum Gasteiger partial charge on any atom is -0.508 e. The molecule has 0 aliphatic carbocycles. The third kappa shape index (κ3) is 5.70. The van der Waals surface area contributed by atoms with Crippen LogP contribution in [0.2, 0.25) is 0 Å². The van der Waals surface area contributed by atoms with Crippen LogP contribution in [0.1, 0.15) is 0 Å². The molecule has 0 aliphatic heterocycles. The van der Waals surface area contributed by atoms with Gasteiger partial charge in [-0.1, -0.05) is 20.3 Å². The van der Waals surface area contributed by atoms with Crippen LogP contribution in [0.5, 0.6) is 5.75 Å². The maximum Gasteiger partial charge on any atom is 0.392 e. The number of phenols is 1. The summed E-state index contributed by atoms with van der Waals surface area (Å²) in [6.45, 7) is 0.618. The van der Waals surface area contributed by atoms with Gasteiger partial charge in [-0.15, -0.1) is 0 Å². The number of imidazole rings is 1. The van der Waals surface area contributed by atoms with Gasteiger partial charge in [0.15, 0.2) is 5.65 Å². The molecule has 0 spiro atoms. The molecule has 0 bridgehead atoms. The van der Waals surface area contributed by atoms with Crippen LogP contribution in [-0.4, -0.2) is 49.9 Å². The number of fused-ring (bicyclic) bond motifs is 1. The molecular weight excluding hydrogens is 414 g/mol. The average Bonchev–Trinajstić information content (AvgIpc) is 3.02. The summed E-state index contributed by atoms with van der Waals surface area (Å²) >= 11 is 1.34. The van der Waals surface area contributed by atoms with Crippen LogP contribution >= 0.6 is 20.3 Å². The van der Waals surface area contributed by atoms with E-state index in [-0.39, 0.29) is 33.2 Å². The number of aromatic hydroxyl groups is 1. The average molecular weight is 431 g/mol. The number of nitrogen functional groups attached to an aromatic ring is 1. The van der Waals surface area contributed by atoms with Crippen molar-refractivity contribution in [3.8, 4) is 5.75 Å². The lowest BCUT2D eigenvalue weighted by Gasteiger charge is -2.08. The van der Waals surface area contributed by atoms with Gasteiger partial charge in [-0.3, -0.25) is 0 Å². The Morgan fingerprint density at radius 2 is 1.96 bits per heavy atom. The van der Waals surface area contributed by atoms with Crippen LogP contribution in [0, 0.1) is 0 Å². The zero-order valence-electron chi connectivity index (χ0n) is 14.5. The molecule has 0 fully saturated rings. The monoisotopic (exact) mass is 431 g/mol. The van der Waals surface area contributed by atoms with Gasteiger partial charge in [-0.05, 0) is 24.3 Å². The smallest absolute Gasteiger partial charge is 0.392 e. The second-order valence-corrected chi connectivity index (χ2v) is 7.89. The van der Waals surface area contributed by atoms with Crippen LogP contribution < -0.4 is 5.73 Å². The molecule has 0 amide bonds. The first kappa shape index (κ1) is 20.6. The lowest BCUT2D eigenvalue weighted by atomic mass is 10.3. The predicted octanol–water partition coefficient (Wildman–Crippen LogP) is 3.48. The number of nitrogens with zero attached hydrogens (tertiary/aromatic N) is 4. The van der Waals surface area contributed by atoms with Crippen molar-refractivity contribution in [1.82, 2.24) is 19.5 Å². The fraction of sp³-hybridized carbons (Fsp3) is 0.312. The summed E-state index contributed by atoms with van der Waals surface area (Å²) in [6.07, 6.45) is -3.35. The third-order valence-electron chi connectivity index (χ3n) is 3.51. The fourth-order valence-corrected chi connectivity index (χ4v) is 3.84. The molecule has 0 saturated carbocycles. The quantitative estimate of drug-likeness (QED) is 0.320. The number of ether oxygens (including phenoxy) is 1. The van der Waals surface area contributed by atoms with Crippen molar-refractivity contribution in [2.75, 3.05) is 24.9 Å². The lowest BCUT2D eigenvalue weighted by Crippen LogP contribution is -2.11. The van der Waals surface area contributed by atoms with E-state index in [1.807, 2.05) is 0 Å². The topological polar surface area (TPSA) is 99.1 Å². The van der Waals surface area contributed by atoms with Crippen molar-refractivity contribution >= 4 is 37.5 Å². The summed E-state index contributed by atoms with van der Waals surface area (Å²) in [5, 5.41) is 9.95. The molecule has 28 heavy (non-hydrogen) atoms. The summed E-state index contributed by atoms with van der Waals surface area (Å²) in [6, 6.07) is 6.63. The van der Waals surface area contributed by atoms with E-state index < -0.39 is 12.3 Å². The van der Waals surface area contributed by atoms with Crippen molar-refractivity contribution in [2.45, 2.75) is 22.6 Å². The second kappa shape index (κ2) is 8.93. The van der Waals surface area contributed by atoms with Gasteiger partial charge in [0.25, 0.3) is 0 Å². The van der Waals surface area contributed by atoms with Crippen molar-refractivity contribution in [1.29, 1.82) is 0 Å². The highest BCUT2D eigenvalue weighted by Gasteiger charge is 2.26. The second-order valence-electron chi connectivity index (χ2n) is 5.69. The van der Waals surface area contributed by atoms with E-state index in [1.54, 1.807) is 35.2 Å². The van der Waals surface area contributed by atoms with Gasteiger partial charge >= 0.3 is 6.18 Å². The highest BCUT2D eigenvalue weighted by Crippen LogP contribution is 2.32. The van der Waals surface area contributed by atoms with E-state index in [4.69, 9.17) is 10.5 Å². The van der Waals surface area contributed by atoms with Gasteiger partial charge in [-0.2, -0.15) is 18.2 Å². The van der Waals surface area contributed by atoms with Crippen LogP contribution in [0.4, 0.5) is 19.1 Å². The molecule has 0 radical (unpaired) electrons. The zero-order chi connectivity index (χ0) is 20.1. The van der Waals surface area contributed by atoms with Crippen LogP contribution in [0.15, 0.2) is 40.5 Å². The standard InChI is InChI=1S/C16H17F3N5O2PS/c17-16(18,19)7-27-9-26-6-5-24-8-21-12-13(24)22-15(20)23-14(12)28-11-3-1-10(25)2-4-11/h1-4,8,25,27H,5-7,9H2,(H2,20,22,23). The Morgan fingerprint density at radius 3 is 2.68 bits per heavy atom. The summed E-state index contributed by atoms with van der Waals surface area (Å²) < 4.78 is 43.3. The van der Waals surface area contributed by atoms with E-state index in [9.17, 15) is 18.3 Å². The maximum atomic E-state index is 12.1. The molecule has 3 rings (SSSR count). The minimum atomic E-state index is -4.15. The molecule has 3 N–H and O–H groups in total. The number of hydrogen-bond donors (Lipinski definition) is 2. The molecule has 7 nitrogen and oxygen atoms in total. The molecule has 2 aromatic heterocycles. The number of benzene rings is 1. The van der Waals surface area contributed by atoms with Crippen molar-refractivity contribution in [3.05, 3.63) is 30.6 Å². The lowest BCUT2D eigenvalue weighted by molar-refractivity contribution is -0.106. The normalized spacial score (nSPS) is 12.4. The van der Waals surface area contributed by atoms with E-state index in [2.05, 4.69) is 15.0 Å². The number of hydrogen-bond acceptors (Lipinski definition) is 7. The fourth-order valence-electron chi connectivity index (χ4n) is 2.30. The Morgan fingerprint density at radius 1 is 1.21 bits per heavy atom. The molecule has 1 aromatic carbocycles. The molecule has 1 atom stereocenters. The Labute approximate surface area is 164 Å². The minimum absolute atomic E-state index is 0.0607. The van der Waals surface area contributed by atoms with Crippen molar-refractivity contribution < 1.29 is 23.0 Å². The van der Waals surface area contributed by atoms with Gasteiger partial charge in [0.05, 0.1) is 25.4 Å². The van der Waals surface area contributed by atoms with Crippen LogP contribution in [0.3, 0.4) is 0 Å². The first-order chi connectivity index (χ1) is 13.3. The highest BCUT2D eigenvalue weighted by molar-refractivity contribution is 7.99. The highest BCUT2D eigenvalue weighted by atomic mass is 32.2. The van der Waals surface area contributed by atoms with Crippen LogP contribution in [0.25, 0.3) is 11.2 Å². The van der Waals surface area contributed by atoms with Gasteiger partial charge in [0.1, 0.15) is 16.3 Å². The Hall–Kier alpha value is -2.10. The summed E-state index contributed by atoms with van der Waals surface area (Å²) in [7, 11) is -0.320. The molecule has 150 valence electrons. The number of anilines is 1. The SMILES string of the molecule is Nc1nc(Sc2ccc(O)cc2)c2ncn(CCOCPCC(F)(F)F)c2n1. The largest absolute Gasteiger partial charge is 0.508 e. The van der Waals surface area contributed by atoms with Gasteiger partial charge in [0, 0.05) is 11.4 Å². The molecule has 3 aromatic rings. The summed E-state index contributed by atoms with van der Waals surface area (Å²) in [5.74, 6) is 0.250. The Balaban J connectivity index is 1.65. The van der Waals surface area contributed by atoms with E-state index in [0.717, 1.165) is 4.90 Å². The van der Waals surface area contributed by atoms with Gasteiger partial charge in [-0.25, -0.2) is 9.97 Å². The van der Waals surface area contributed by atoms with Gasteiger partial charge < -0.3 is 20.1 Å². The number of aromatic nitrogens is 4. The molecule has 12 heteroatoms. The van der Waals surface area contributed by atoms with Crippen LogP contribution in [-0.2, 0) is 11.3 Å². The number of rotatable bonds is 8. The predicted molar refractivity (Wildman–Crippen MR) is 102 cm³/mol. The molecule has 1 unspecified atom stereocenters. The van der Waals surface area contributed by atoms with Crippen molar-refractivity contribution in [3.63, 3.8) is 0 Å². The van der Waals surface area contributed by atoms with Crippen molar-refractivity contribution in [2.24, 2.45) is 0 Å². The molecule has 0 aliphatic rings. The van der Waals surface area contributed by atoms with E-state index >= 15 is 0 Å². The first-order valence-electron chi connectivity index (χ1n) is 8.12. The Bertz CT molecular complexity index is 936. The maximum absolute atomic E-state index is 12.1. The number of nitrogens with two attached hydrogens (primary N) is 1. The number of halogens is 3. The number of alkyl halides is 3. The number of phenolic OH excluding ortho intramolecular Hbond substituents is 1. The molecular formula is C16H17F3N5O2PS. The third-order valence-corrected chi connectivity index (χ3v) is 5.55. The van der Waals surface area contributed by atoms with E-state index in [1.165, 1.54) is 11.8 Å². The summed E-state index contributed by atoms with van der Waals surface area (Å²) in [4.78, 5) is 13.6. The first-order valence-corrected chi connectivity index (χ1v) is 10.4. The Kier molecular flexibility index (Phi) is 6.58. The molecule has 0 saturated heterocycles. The van der Waals surface area contributed by atoms with E-state index in [0.29, 0.717) is 22.7 Å². The zero-order valence-corrected chi connectivity index (χ0v) is 16.3. The molecule has 2 heterocycles. The summed E-state index contributed by atoms with van der Waals surface area (Å²) in [5.41, 5.74) is 6.90. The van der Waals surface area contributed by atoms with Gasteiger partial charge in [0.2, 0.25) is 5.95 Å².